The minimum Gasteiger partial charge on any atom is -0.311 e. The van der Waals surface area contributed by atoms with E-state index < -0.39 is 0 Å². The third kappa shape index (κ3) is 7.19. The van der Waals surface area contributed by atoms with Crippen LogP contribution in [0, 0.1) is 0 Å². The van der Waals surface area contributed by atoms with E-state index in [2.05, 4.69) is 228 Å². The van der Waals surface area contributed by atoms with E-state index in [-0.39, 0.29) is 0 Å². The Hall–Kier alpha value is -8.08. The Labute approximate surface area is 351 Å². The molecular weight excluding hydrogens is 729 g/mol. The van der Waals surface area contributed by atoms with Gasteiger partial charge in [0, 0.05) is 33.9 Å². The fourth-order valence-electron chi connectivity index (χ4n) is 8.05. The Kier molecular flexibility index (Phi) is 9.92. The molecule has 0 atom stereocenters. The molecule has 0 radical (unpaired) electrons. The summed E-state index contributed by atoms with van der Waals surface area (Å²) in [7, 11) is 0. The van der Waals surface area contributed by atoms with Gasteiger partial charge in [-0.3, -0.25) is 4.57 Å². The van der Waals surface area contributed by atoms with E-state index in [9.17, 15) is 0 Å². The highest BCUT2D eigenvalue weighted by molar-refractivity contribution is 5.92. The fraction of sp³-hybridized carbons (Fsp3) is 0. The lowest BCUT2D eigenvalue weighted by Crippen LogP contribution is -2.09. The second-order valence-electron chi connectivity index (χ2n) is 14.7. The van der Waals surface area contributed by atoms with Crippen LogP contribution in [0.4, 0.5) is 17.1 Å². The summed E-state index contributed by atoms with van der Waals surface area (Å²) in [5, 5.41) is 9.54. The summed E-state index contributed by atoms with van der Waals surface area (Å²) in [6, 6.07) is 85.4. The van der Waals surface area contributed by atoms with Gasteiger partial charge < -0.3 is 4.90 Å². The quantitative estimate of drug-likeness (QED) is 0.139. The average Bonchev–Trinajstić information content (AvgIpc) is 3.79. The minimum atomic E-state index is 0.785. The molecule has 284 valence electrons. The summed E-state index contributed by atoms with van der Waals surface area (Å²) in [4.78, 5) is 2.29. The molecule has 4 nitrogen and oxygen atoms in total. The highest BCUT2D eigenvalue weighted by atomic mass is 15.3. The van der Waals surface area contributed by atoms with Gasteiger partial charge in [-0.05, 0) is 93.0 Å². The molecule has 0 bridgehead atoms. The molecule has 9 aromatic carbocycles. The second-order valence-corrected chi connectivity index (χ2v) is 14.7. The molecule has 60 heavy (non-hydrogen) atoms. The van der Waals surface area contributed by atoms with E-state index in [1.807, 2.05) is 24.3 Å². The predicted octanol–water partition coefficient (Wildman–Crippen LogP) is 14.7. The van der Waals surface area contributed by atoms with Crippen molar-refractivity contribution in [2.24, 2.45) is 0 Å². The Balaban J connectivity index is 0.990. The van der Waals surface area contributed by atoms with Crippen LogP contribution < -0.4 is 4.90 Å². The number of rotatable bonds is 10. The molecule has 0 spiro atoms. The lowest BCUT2D eigenvalue weighted by molar-refractivity contribution is 1.07. The van der Waals surface area contributed by atoms with Crippen molar-refractivity contribution >= 4 is 17.1 Å². The molecule has 0 amide bonds. The van der Waals surface area contributed by atoms with Crippen molar-refractivity contribution in [2.45, 2.75) is 0 Å². The van der Waals surface area contributed by atoms with Crippen molar-refractivity contribution < 1.29 is 0 Å². The molecule has 10 aromatic rings. The summed E-state index contributed by atoms with van der Waals surface area (Å²) < 4.78 is 2.16. The van der Waals surface area contributed by atoms with Gasteiger partial charge in [0.15, 0.2) is 11.6 Å². The van der Waals surface area contributed by atoms with Gasteiger partial charge in [-0.2, -0.15) is 0 Å². The van der Waals surface area contributed by atoms with Crippen molar-refractivity contribution in [3.63, 3.8) is 0 Å². The highest BCUT2D eigenvalue weighted by Gasteiger charge is 2.19. The molecule has 0 fully saturated rings. The summed E-state index contributed by atoms with van der Waals surface area (Å²) in [6.07, 6.45) is 0. The normalized spacial score (nSPS) is 11.0. The smallest absolute Gasteiger partial charge is 0.168 e. The number of para-hydroxylation sites is 2. The molecule has 1 heterocycles. The van der Waals surface area contributed by atoms with Crippen LogP contribution in [0.25, 0.3) is 73.0 Å². The van der Waals surface area contributed by atoms with Crippen LogP contribution in [0.2, 0.25) is 0 Å². The number of nitrogens with zero attached hydrogens (tertiary/aromatic N) is 4. The molecule has 0 aliphatic heterocycles. The number of hydrogen-bond acceptors (Lipinski definition) is 3. The van der Waals surface area contributed by atoms with Crippen LogP contribution in [-0.4, -0.2) is 14.8 Å². The maximum atomic E-state index is 4.79. The van der Waals surface area contributed by atoms with E-state index in [0.29, 0.717) is 0 Å². The summed E-state index contributed by atoms with van der Waals surface area (Å²) >= 11 is 0. The Morgan fingerprint density at radius 2 is 0.567 bits per heavy atom. The first kappa shape index (κ1) is 36.3. The highest BCUT2D eigenvalue weighted by Crippen LogP contribution is 2.41. The monoisotopic (exact) mass is 768 g/mol. The first-order chi connectivity index (χ1) is 29.8. The number of aromatic nitrogens is 3. The van der Waals surface area contributed by atoms with Crippen molar-refractivity contribution in [3.8, 4) is 73.0 Å². The Morgan fingerprint density at radius 3 is 1.05 bits per heavy atom. The van der Waals surface area contributed by atoms with Crippen LogP contribution in [0.5, 0.6) is 0 Å². The average molecular weight is 769 g/mol. The number of benzene rings is 9. The topological polar surface area (TPSA) is 34.0 Å². The number of anilines is 3. The Bertz CT molecular complexity index is 2940. The van der Waals surface area contributed by atoms with Crippen molar-refractivity contribution in [2.75, 3.05) is 4.90 Å². The van der Waals surface area contributed by atoms with Crippen molar-refractivity contribution in [3.05, 3.63) is 243 Å². The minimum absolute atomic E-state index is 0.785. The molecule has 1 aromatic heterocycles. The zero-order valence-corrected chi connectivity index (χ0v) is 32.9. The fourth-order valence-corrected chi connectivity index (χ4v) is 8.05. The lowest BCUT2D eigenvalue weighted by Gasteiger charge is -2.25. The van der Waals surface area contributed by atoms with Crippen LogP contribution >= 0.6 is 0 Å². The van der Waals surface area contributed by atoms with Gasteiger partial charge in [0.2, 0.25) is 0 Å². The summed E-state index contributed by atoms with van der Waals surface area (Å²) in [6.45, 7) is 0. The predicted molar refractivity (Wildman–Crippen MR) is 249 cm³/mol. The van der Waals surface area contributed by atoms with E-state index in [1.165, 1.54) is 22.3 Å². The molecule has 4 heteroatoms. The van der Waals surface area contributed by atoms with Crippen LogP contribution in [-0.2, 0) is 0 Å². The van der Waals surface area contributed by atoms with Gasteiger partial charge in [-0.25, -0.2) is 0 Å². The molecule has 0 saturated carbocycles. The van der Waals surface area contributed by atoms with Gasteiger partial charge in [-0.15, -0.1) is 10.2 Å². The van der Waals surface area contributed by atoms with E-state index in [1.54, 1.807) is 0 Å². The molecule has 0 unspecified atom stereocenters. The van der Waals surface area contributed by atoms with Crippen molar-refractivity contribution in [1.82, 2.24) is 14.8 Å². The van der Waals surface area contributed by atoms with Gasteiger partial charge in [0.25, 0.3) is 0 Å². The van der Waals surface area contributed by atoms with Gasteiger partial charge in [0.1, 0.15) is 0 Å². The third-order valence-corrected chi connectivity index (χ3v) is 11.0. The zero-order chi connectivity index (χ0) is 40.1. The molecule has 0 aliphatic rings. The summed E-state index contributed by atoms with van der Waals surface area (Å²) in [5.41, 5.74) is 15.7. The molecule has 0 saturated heterocycles. The molecule has 0 N–H and O–H groups in total. The Morgan fingerprint density at radius 1 is 0.250 bits per heavy atom. The number of hydrogen-bond donors (Lipinski definition) is 0. The van der Waals surface area contributed by atoms with Gasteiger partial charge in [-0.1, -0.05) is 194 Å². The SMILES string of the molecule is c1ccc(-c2ccc(-n3c(-c4ccccc4)nnc3-c3ccc(-c4ccccc4-c4ccccc4-c4ccc(N(c5ccccc5)c5ccccc5)cc4)cc3)cc2)cc1. The van der Waals surface area contributed by atoms with Crippen molar-refractivity contribution in [1.29, 1.82) is 0 Å². The molecular formula is C56H40N4. The standard InChI is InChI=1S/C56H40N4/c1-5-17-41(18-6-1)42-33-37-50(38-34-42)60-55(45-19-7-2-8-20-45)57-58-56(60)46-31-29-43(30-32-46)51-25-13-15-27-53(51)54-28-16-14-26-52(54)44-35-39-49(40-36-44)59(47-21-9-3-10-22-47)48-23-11-4-12-24-48/h1-40H. The van der Waals surface area contributed by atoms with E-state index in [4.69, 9.17) is 10.2 Å². The van der Waals surface area contributed by atoms with Gasteiger partial charge >= 0.3 is 0 Å². The first-order valence-corrected chi connectivity index (χ1v) is 20.3. The van der Waals surface area contributed by atoms with Gasteiger partial charge in [0.05, 0.1) is 0 Å². The maximum Gasteiger partial charge on any atom is 0.168 e. The van der Waals surface area contributed by atoms with E-state index >= 15 is 0 Å². The largest absolute Gasteiger partial charge is 0.311 e. The van der Waals surface area contributed by atoms with Crippen LogP contribution in [0.3, 0.4) is 0 Å². The molecule has 0 aliphatic carbocycles. The molecule has 10 rings (SSSR count). The zero-order valence-electron chi connectivity index (χ0n) is 32.9. The maximum absolute atomic E-state index is 4.79. The lowest BCUT2D eigenvalue weighted by atomic mass is 9.89. The first-order valence-electron chi connectivity index (χ1n) is 20.3. The second kappa shape index (κ2) is 16.4. The summed E-state index contributed by atoms with van der Waals surface area (Å²) in [5.74, 6) is 1.58. The van der Waals surface area contributed by atoms with Crippen LogP contribution in [0.1, 0.15) is 0 Å². The third-order valence-electron chi connectivity index (χ3n) is 11.0. The van der Waals surface area contributed by atoms with E-state index in [0.717, 1.165) is 67.8 Å². The van der Waals surface area contributed by atoms with Crippen LogP contribution in [0.15, 0.2) is 243 Å².